The van der Waals surface area contributed by atoms with Gasteiger partial charge in [-0.25, -0.2) is 8.78 Å². The Morgan fingerprint density at radius 1 is 1.22 bits per heavy atom. The third-order valence-corrected chi connectivity index (χ3v) is 2.76. The van der Waals surface area contributed by atoms with E-state index in [1.807, 2.05) is 6.92 Å². The summed E-state index contributed by atoms with van der Waals surface area (Å²) in [7, 11) is 0. The number of pyridine rings is 1. The van der Waals surface area contributed by atoms with Gasteiger partial charge in [0, 0.05) is 17.8 Å². The van der Waals surface area contributed by atoms with E-state index in [-0.39, 0.29) is 5.56 Å². The van der Waals surface area contributed by atoms with Gasteiger partial charge in [0.05, 0.1) is 11.8 Å². The molecule has 0 amide bonds. The number of nitrogens with zero attached hydrogens (tertiary/aromatic N) is 1. The molecule has 1 N–H and O–H groups in total. The minimum Gasteiger partial charge on any atom is -0.388 e. The van der Waals surface area contributed by atoms with Crippen molar-refractivity contribution in [1.29, 1.82) is 0 Å². The SMILES string of the molecule is CC[C@@H](O)c1ccc(-c2ccc(F)cc2F)nc1. The second-order valence-electron chi connectivity index (χ2n) is 4.02. The van der Waals surface area contributed by atoms with E-state index >= 15 is 0 Å². The molecule has 2 nitrogen and oxygen atoms in total. The molecule has 18 heavy (non-hydrogen) atoms. The molecule has 0 aliphatic carbocycles. The van der Waals surface area contributed by atoms with Crippen LogP contribution >= 0.6 is 0 Å². The molecule has 0 aliphatic heterocycles. The lowest BCUT2D eigenvalue weighted by Gasteiger charge is -2.08. The van der Waals surface area contributed by atoms with E-state index in [1.165, 1.54) is 18.3 Å². The fraction of sp³-hybridized carbons (Fsp3) is 0.214. The Bertz CT molecular complexity index is 540. The molecule has 1 atom stereocenters. The lowest BCUT2D eigenvalue weighted by molar-refractivity contribution is 0.173. The molecular formula is C14H13F2NO. The van der Waals surface area contributed by atoms with Gasteiger partial charge in [-0.1, -0.05) is 13.0 Å². The van der Waals surface area contributed by atoms with Gasteiger partial charge in [-0.2, -0.15) is 0 Å². The molecular weight excluding hydrogens is 236 g/mol. The molecule has 2 rings (SSSR count). The number of aromatic nitrogens is 1. The van der Waals surface area contributed by atoms with Gasteiger partial charge < -0.3 is 5.11 Å². The van der Waals surface area contributed by atoms with Gasteiger partial charge >= 0.3 is 0 Å². The topological polar surface area (TPSA) is 33.1 Å². The first-order valence-electron chi connectivity index (χ1n) is 5.71. The highest BCUT2D eigenvalue weighted by atomic mass is 19.1. The van der Waals surface area contributed by atoms with Crippen molar-refractivity contribution in [3.63, 3.8) is 0 Å². The van der Waals surface area contributed by atoms with E-state index in [0.29, 0.717) is 17.7 Å². The van der Waals surface area contributed by atoms with Crippen LogP contribution in [0, 0.1) is 11.6 Å². The summed E-state index contributed by atoms with van der Waals surface area (Å²) in [5.74, 6) is -1.26. The Labute approximate surface area is 104 Å². The van der Waals surface area contributed by atoms with E-state index < -0.39 is 17.7 Å². The summed E-state index contributed by atoms with van der Waals surface area (Å²) in [6.07, 6.45) is 1.53. The van der Waals surface area contributed by atoms with Gasteiger partial charge in [-0.3, -0.25) is 4.98 Å². The Kier molecular flexibility index (Phi) is 3.67. The summed E-state index contributed by atoms with van der Waals surface area (Å²) >= 11 is 0. The first kappa shape index (κ1) is 12.6. The van der Waals surface area contributed by atoms with Crippen LogP contribution in [0.25, 0.3) is 11.3 Å². The number of benzene rings is 1. The summed E-state index contributed by atoms with van der Waals surface area (Å²) in [6.45, 7) is 1.86. The highest BCUT2D eigenvalue weighted by Crippen LogP contribution is 2.23. The highest BCUT2D eigenvalue weighted by Gasteiger charge is 2.09. The van der Waals surface area contributed by atoms with Crippen molar-refractivity contribution in [3.05, 3.63) is 53.7 Å². The van der Waals surface area contributed by atoms with Crippen molar-refractivity contribution in [2.75, 3.05) is 0 Å². The van der Waals surface area contributed by atoms with Gasteiger partial charge in [0.15, 0.2) is 0 Å². The number of hydrogen-bond donors (Lipinski definition) is 1. The Morgan fingerprint density at radius 3 is 2.56 bits per heavy atom. The lowest BCUT2D eigenvalue weighted by atomic mass is 10.1. The second kappa shape index (κ2) is 5.23. The fourth-order valence-corrected chi connectivity index (χ4v) is 1.69. The van der Waals surface area contributed by atoms with E-state index in [1.54, 1.807) is 12.1 Å². The molecule has 0 spiro atoms. The summed E-state index contributed by atoms with van der Waals surface area (Å²) in [6, 6.07) is 6.67. The van der Waals surface area contributed by atoms with Crippen molar-refractivity contribution in [1.82, 2.24) is 4.98 Å². The first-order valence-corrected chi connectivity index (χ1v) is 5.71. The van der Waals surface area contributed by atoms with Gasteiger partial charge in [0.2, 0.25) is 0 Å². The standard InChI is InChI=1S/C14H13F2NO/c1-2-14(18)9-3-6-13(17-8-9)11-5-4-10(15)7-12(11)16/h3-8,14,18H,2H2,1H3/t14-/m1/s1. The van der Waals surface area contributed by atoms with Gasteiger partial charge in [0.1, 0.15) is 11.6 Å². The number of rotatable bonds is 3. The molecule has 94 valence electrons. The summed E-state index contributed by atoms with van der Waals surface area (Å²) < 4.78 is 26.3. The van der Waals surface area contributed by atoms with E-state index in [4.69, 9.17) is 0 Å². The van der Waals surface area contributed by atoms with Gasteiger partial charge in [0.25, 0.3) is 0 Å². The van der Waals surface area contributed by atoms with E-state index in [9.17, 15) is 13.9 Å². The van der Waals surface area contributed by atoms with Crippen molar-refractivity contribution < 1.29 is 13.9 Å². The van der Waals surface area contributed by atoms with Crippen LogP contribution in [0.15, 0.2) is 36.5 Å². The summed E-state index contributed by atoms with van der Waals surface area (Å²) in [5, 5.41) is 9.62. The van der Waals surface area contributed by atoms with E-state index in [0.717, 1.165) is 6.07 Å². The van der Waals surface area contributed by atoms with Crippen LogP contribution < -0.4 is 0 Å². The zero-order valence-corrected chi connectivity index (χ0v) is 9.90. The van der Waals surface area contributed by atoms with Crippen molar-refractivity contribution in [2.24, 2.45) is 0 Å². The molecule has 0 saturated carbocycles. The van der Waals surface area contributed by atoms with Crippen LogP contribution in [-0.4, -0.2) is 10.1 Å². The molecule has 4 heteroatoms. The summed E-state index contributed by atoms with van der Waals surface area (Å²) in [4.78, 5) is 4.09. The van der Waals surface area contributed by atoms with Gasteiger partial charge in [-0.05, 0) is 30.2 Å². The van der Waals surface area contributed by atoms with Crippen LogP contribution in [0.5, 0.6) is 0 Å². The third-order valence-electron chi connectivity index (χ3n) is 2.76. The van der Waals surface area contributed by atoms with E-state index in [2.05, 4.69) is 4.98 Å². The molecule has 1 aromatic heterocycles. The number of aliphatic hydroxyl groups excluding tert-OH is 1. The molecule has 2 aromatic rings. The molecule has 0 bridgehead atoms. The normalized spacial score (nSPS) is 12.4. The predicted molar refractivity (Wildman–Crippen MR) is 64.8 cm³/mol. The lowest BCUT2D eigenvalue weighted by Crippen LogP contribution is -1.97. The molecule has 0 radical (unpaired) electrons. The van der Waals surface area contributed by atoms with Crippen LogP contribution in [0.2, 0.25) is 0 Å². The average molecular weight is 249 g/mol. The minimum absolute atomic E-state index is 0.244. The third kappa shape index (κ3) is 2.54. The Balaban J connectivity index is 2.34. The smallest absolute Gasteiger partial charge is 0.135 e. The maximum absolute atomic E-state index is 13.5. The Hall–Kier alpha value is -1.81. The largest absolute Gasteiger partial charge is 0.388 e. The van der Waals surface area contributed by atoms with Crippen molar-refractivity contribution in [2.45, 2.75) is 19.4 Å². The monoisotopic (exact) mass is 249 g/mol. The number of hydrogen-bond acceptors (Lipinski definition) is 2. The summed E-state index contributed by atoms with van der Waals surface area (Å²) in [5.41, 5.74) is 1.34. The Morgan fingerprint density at radius 2 is 2.00 bits per heavy atom. The van der Waals surface area contributed by atoms with Gasteiger partial charge in [-0.15, -0.1) is 0 Å². The molecule has 0 saturated heterocycles. The highest BCUT2D eigenvalue weighted by molar-refractivity contribution is 5.59. The average Bonchev–Trinajstić information content (AvgIpc) is 2.38. The maximum Gasteiger partial charge on any atom is 0.135 e. The zero-order valence-electron chi connectivity index (χ0n) is 9.90. The first-order chi connectivity index (χ1) is 8.61. The number of halogens is 2. The molecule has 1 aromatic carbocycles. The zero-order chi connectivity index (χ0) is 13.1. The molecule has 0 aliphatic rings. The molecule has 0 unspecified atom stereocenters. The predicted octanol–water partition coefficient (Wildman–Crippen LogP) is 3.47. The fourth-order valence-electron chi connectivity index (χ4n) is 1.69. The molecule has 0 fully saturated rings. The van der Waals surface area contributed by atoms with Crippen LogP contribution in [0.3, 0.4) is 0 Å². The van der Waals surface area contributed by atoms with Crippen LogP contribution in [0.1, 0.15) is 25.0 Å². The number of aliphatic hydroxyl groups is 1. The quantitative estimate of drug-likeness (QED) is 0.903. The van der Waals surface area contributed by atoms with Crippen molar-refractivity contribution in [3.8, 4) is 11.3 Å². The molecule has 1 heterocycles. The van der Waals surface area contributed by atoms with Crippen LogP contribution in [0.4, 0.5) is 8.78 Å². The maximum atomic E-state index is 13.5. The minimum atomic E-state index is -0.647. The van der Waals surface area contributed by atoms with Crippen LogP contribution in [-0.2, 0) is 0 Å². The second-order valence-corrected chi connectivity index (χ2v) is 4.02. The van der Waals surface area contributed by atoms with Crippen molar-refractivity contribution >= 4 is 0 Å².